The maximum atomic E-state index is 13.2. The summed E-state index contributed by atoms with van der Waals surface area (Å²) < 4.78 is 39.6. The molecule has 0 aliphatic heterocycles. The molecule has 36 heavy (non-hydrogen) atoms. The first kappa shape index (κ1) is 27.5. The van der Waals surface area contributed by atoms with Crippen molar-refractivity contribution in [1.82, 2.24) is 0 Å². The van der Waals surface area contributed by atoms with E-state index in [0.717, 1.165) is 53.3 Å². The highest BCUT2D eigenvalue weighted by atomic mass is 19.4. The number of hydrogen-bond acceptors (Lipinski definition) is 2. The minimum absolute atomic E-state index is 0.0859. The second-order valence-electron chi connectivity index (χ2n) is 9.90. The van der Waals surface area contributed by atoms with Gasteiger partial charge >= 0.3 is 6.18 Å². The van der Waals surface area contributed by atoms with Gasteiger partial charge in [-0.05, 0) is 83.7 Å². The molecule has 0 saturated carbocycles. The van der Waals surface area contributed by atoms with E-state index in [2.05, 4.69) is 50.4 Å². The second-order valence-corrected chi connectivity index (χ2v) is 9.90. The third-order valence-electron chi connectivity index (χ3n) is 6.66. The summed E-state index contributed by atoms with van der Waals surface area (Å²) in [6.45, 7) is 10.3. The lowest BCUT2D eigenvalue weighted by molar-refractivity contribution is -0.137. The Labute approximate surface area is 213 Å². The van der Waals surface area contributed by atoms with Crippen molar-refractivity contribution < 1.29 is 13.2 Å². The summed E-state index contributed by atoms with van der Waals surface area (Å²) in [6, 6.07) is 16.7. The van der Waals surface area contributed by atoms with Crippen molar-refractivity contribution in [2.45, 2.75) is 72.5 Å². The lowest BCUT2D eigenvalue weighted by atomic mass is 9.89. The topological polar surface area (TPSA) is 35.9 Å². The Balaban J connectivity index is 2.02. The number of benzene rings is 3. The Morgan fingerprint density at radius 2 is 1.61 bits per heavy atom. The molecule has 3 aromatic rings. The third kappa shape index (κ3) is 6.37. The van der Waals surface area contributed by atoms with Crippen LogP contribution in [0.3, 0.4) is 0 Å². The van der Waals surface area contributed by atoms with Crippen molar-refractivity contribution >= 4 is 11.9 Å². The van der Waals surface area contributed by atoms with Crippen LogP contribution in [0.1, 0.15) is 80.0 Å². The highest BCUT2D eigenvalue weighted by molar-refractivity contribution is 5.92. The Bertz CT molecular complexity index is 1180. The van der Waals surface area contributed by atoms with Crippen LogP contribution < -0.4 is 5.32 Å². The number of alkyl halides is 3. The van der Waals surface area contributed by atoms with Crippen LogP contribution in [-0.2, 0) is 19.0 Å². The minimum atomic E-state index is -4.37. The van der Waals surface area contributed by atoms with Crippen molar-refractivity contribution in [1.29, 1.82) is 5.41 Å². The molecule has 0 aromatic heterocycles. The Kier molecular flexibility index (Phi) is 8.99. The fourth-order valence-electron chi connectivity index (χ4n) is 4.87. The summed E-state index contributed by atoms with van der Waals surface area (Å²) in [5.74, 6) is 0.473. The van der Waals surface area contributed by atoms with Gasteiger partial charge in [-0.25, -0.2) is 0 Å². The fourth-order valence-corrected chi connectivity index (χ4v) is 4.87. The highest BCUT2D eigenvalue weighted by Gasteiger charge is 2.31. The van der Waals surface area contributed by atoms with E-state index in [4.69, 9.17) is 5.41 Å². The molecule has 5 heteroatoms. The molecular formula is C31H37F3N2. The zero-order valence-electron chi connectivity index (χ0n) is 21.9. The largest absolute Gasteiger partial charge is 0.416 e. The van der Waals surface area contributed by atoms with Crippen molar-refractivity contribution in [2.24, 2.45) is 5.92 Å². The summed E-state index contributed by atoms with van der Waals surface area (Å²) in [6.07, 6.45) is 0.764. The van der Waals surface area contributed by atoms with Crippen LogP contribution in [0.15, 0.2) is 54.6 Å². The number of rotatable bonds is 10. The monoisotopic (exact) mass is 494 g/mol. The molecule has 0 aliphatic rings. The van der Waals surface area contributed by atoms with Gasteiger partial charge in [-0.2, -0.15) is 13.2 Å². The molecular weight excluding hydrogens is 457 g/mol. The molecule has 3 aromatic carbocycles. The van der Waals surface area contributed by atoms with Crippen LogP contribution in [0.25, 0.3) is 11.1 Å². The molecule has 0 bridgehead atoms. The number of aryl methyl sites for hydroxylation is 2. The molecule has 0 saturated heterocycles. The molecule has 3 rings (SSSR count). The number of anilines is 1. The first-order valence-corrected chi connectivity index (χ1v) is 12.8. The van der Waals surface area contributed by atoms with E-state index in [0.29, 0.717) is 17.9 Å². The molecule has 2 N–H and O–H groups in total. The molecule has 1 atom stereocenters. The predicted molar refractivity (Wildman–Crippen MR) is 145 cm³/mol. The molecule has 192 valence electrons. The SMILES string of the molecule is CCCc1ccc(C(CC(C)C)Nc2ccc(-c3ccc(C(F)(F)F)cc3C)c(CC)c2C=N)cc1. The van der Waals surface area contributed by atoms with E-state index in [1.807, 2.05) is 19.1 Å². The lowest BCUT2D eigenvalue weighted by Crippen LogP contribution is -2.15. The van der Waals surface area contributed by atoms with E-state index >= 15 is 0 Å². The summed E-state index contributed by atoms with van der Waals surface area (Å²) in [5, 5.41) is 11.9. The molecule has 0 radical (unpaired) electrons. The summed E-state index contributed by atoms with van der Waals surface area (Å²) in [5.41, 5.74) is 6.71. The number of halogens is 3. The molecule has 0 spiro atoms. The average molecular weight is 495 g/mol. The maximum Gasteiger partial charge on any atom is 0.416 e. The van der Waals surface area contributed by atoms with Gasteiger partial charge in [0.05, 0.1) is 11.6 Å². The van der Waals surface area contributed by atoms with Gasteiger partial charge in [-0.15, -0.1) is 0 Å². The normalized spacial score (nSPS) is 12.6. The van der Waals surface area contributed by atoms with Gasteiger partial charge in [0, 0.05) is 17.5 Å². The summed E-state index contributed by atoms with van der Waals surface area (Å²) in [4.78, 5) is 0. The van der Waals surface area contributed by atoms with E-state index < -0.39 is 11.7 Å². The van der Waals surface area contributed by atoms with E-state index in [1.54, 1.807) is 13.0 Å². The van der Waals surface area contributed by atoms with Crippen LogP contribution in [0.5, 0.6) is 0 Å². The third-order valence-corrected chi connectivity index (χ3v) is 6.66. The van der Waals surface area contributed by atoms with Crippen LogP contribution in [0, 0.1) is 18.3 Å². The zero-order valence-corrected chi connectivity index (χ0v) is 21.9. The Morgan fingerprint density at radius 1 is 0.944 bits per heavy atom. The van der Waals surface area contributed by atoms with Crippen LogP contribution >= 0.6 is 0 Å². The van der Waals surface area contributed by atoms with Crippen molar-refractivity contribution in [3.8, 4) is 11.1 Å². The van der Waals surface area contributed by atoms with Crippen molar-refractivity contribution in [2.75, 3.05) is 5.32 Å². The van der Waals surface area contributed by atoms with Crippen molar-refractivity contribution in [3.05, 3.63) is 88.0 Å². The van der Waals surface area contributed by atoms with Crippen LogP contribution in [0.4, 0.5) is 18.9 Å². The van der Waals surface area contributed by atoms with Gasteiger partial charge in [0.2, 0.25) is 0 Å². The maximum absolute atomic E-state index is 13.2. The quantitative estimate of drug-likeness (QED) is 0.271. The second kappa shape index (κ2) is 11.8. The van der Waals surface area contributed by atoms with Gasteiger partial charge in [0.15, 0.2) is 0 Å². The lowest BCUT2D eigenvalue weighted by Gasteiger charge is -2.25. The van der Waals surface area contributed by atoms with Crippen LogP contribution in [-0.4, -0.2) is 6.21 Å². The number of nitrogens with one attached hydrogen (secondary N) is 2. The molecule has 0 heterocycles. The minimum Gasteiger partial charge on any atom is -0.378 e. The molecule has 0 aliphatic carbocycles. The summed E-state index contributed by atoms with van der Waals surface area (Å²) in [7, 11) is 0. The fraction of sp³-hybridized carbons (Fsp3) is 0.387. The Morgan fingerprint density at radius 3 is 2.14 bits per heavy atom. The highest BCUT2D eigenvalue weighted by Crippen LogP contribution is 2.37. The van der Waals surface area contributed by atoms with Gasteiger partial charge in [0.1, 0.15) is 0 Å². The smallest absolute Gasteiger partial charge is 0.378 e. The molecule has 1 unspecified atom stereocenters. The van der Waals surface area contributed by atoms with Crippen molar-refractivity contribution in [3.63, 3.8) is 0 Å². The molecule has 0 amide bonds. The van der Waals surface area contributed by atoms with E-state index in [1.165, 1.54) is 23.4 Å². The summed E-state index contributed by atoms with van der Waals surface area (Å²) >= 11 is 0. The molecule has 2 nitrogen and oxygen atoms in total. The average Bonchev–Trinajstić information content (AvgIpc) is 2.83. The molecule has 0 fully saturated rings. The van der Waals surface area contributed by atoms with Gasteiger partial charge in [0.25, 0.3) is 0 Å². The standard InChI is InChI=1S/C31H37F3N2/c1-6-8-22-9-11-23(12-10-22)30(17-20(3)4)36-29-16-15-27(25(7-2)28(29)19-35)26-14-13-24(18-21(26)5)31(32,33)34/h9-16,18-20,30,35-36H,6-8,17H2,1-5H3. The van der Waals surface area contributed by atoms with E-state index in [-0.39, 0.29) is 6.04 Å². The van der Waals surface area contributed by atoms with Gasteiger partial charge < -0.3 is 10.7 Å². The Hall–Kier alpha value is -3.08. The first-order chi connectivity index (χ1) is 17.1. The zero-order chi connectivity index (χ0) is 26.5. The predicted octanol–water partition coefficient (Wildman–Crippen LogP) is 9.39. The first-order valence-electron chi connectivity index (χ1n) is 12.8. The van der Waals surface area contributed by atoms with Gasteiger partial charge in [-0.1, -0.05) is 70.5 Å². The van der Waals surface area contributed by atoms with E-state index in [9.17, 15) is 13.2 Å². The van der Waals surface area contributed by atoms with Gasteiger partial charge in [-0.3, -0.25) is 0 Å². The number of hydrogen-bond donors (Lipinski definition) is 2. The van der Waals surface area contributed by atoms with Crippen LogP contribution in [0.2, 0.25) is 0 Å².